The first kappa shape index (κ1) is 16.0. The Morgan fingerprint density at radius 2 is 1.83 bits per heavy atom. The van der Waals surface area contributed by atoms with E-state index < -0.39 is 0 Å². The van der Waals surface area contributed by atoms with E-state index in [2.05, 4.69) is 0 Å². The van der Waals surface area contributed by atoms with E-state index in [-0.39, 0.29) is 18.0 Å². The summed E-state index contributed by atoms with van der Waals surface area (Å²) in [7, 11) is 3.23. The van der Waals surface area contributed by atoms with Gasteiger partial charge in [-0.2, -0.15) is 0 Å². The summed E-state index contributed by atoms with van der Waals surface area (Å²) in [6, 6.07) is 9.10. The van der Waals surface area contributed by atoms with Crippen molar-refractivity contribution >= 4 is 11.6 Å². The summed E-state index contributed by atoms with van der Waals surface area (Å²) in [5.74, 6) is 1.39. The molecule has 0 bridgehead atoms. The van der Waals surface area contributed by atoms with Gasteiger partial charge in [-0.1, -0.05) is 23.7 Å². The maximum absolute atomic E-state index is 9.90. The second-order valence-electron chi connectivity index (χ2n) is 5.62. The molecule has 1 N–H and O–H groups in total. The molecule has 2 aromatic carbocycles. The first-order chi connectivity index (χ1) is 11.0. The lowest BCUT2D eigenvalue weighted by molar-refractivity contribution is 0.00702. The number of hydrogen-bond donors (Lipinski definition) is 1. The Morgan fingerprint density at radius 3 is 2.52 bits per heavy atom. The number of phenols is 1. The normalized spacial score (nSPS) is 20.0. The molecular formula is C18H19ClO4. The van der Waals surface area contributed by atoms with Crippen molar-refractivity contribution in [2.24, 2.45) is 0 Å². The number of fused-ring (bicyclic) bond motifs is 1. The van der Waals surface area contributed by atoms with Crippen LogP contribution in [0.2, 0.25) is 5.02 Å². The van der Waals surface area contributed by atoms with Crippen LogP contribution in [0.3, 0.4) is 0 Å². The molecule has 1 heterocycles. The molecule has 1 aliphatic heterocycles. The number of hydrogen-bond acceptors (Lipinski definition) is 4. The fourth-order valence-electron chi connectivity index (χ4n) is 3.00. The van der Waals surface area contributed by atoms with Crippen molar-refractivity contribution in [3.63, 3.8) is 0 Å². The first-order valence-corrected chi connectivity index (χ1v) is 7.80. The Balaban J connectivity index is 2.16. The van der Waals surface area contributed by atoms with Crippen molar-refractivity contribution < 1.29 is 19.3 Å². The van der Waals surface area contributed by atoms with Gasteiger partial charge in [0.05, 0.1) is 25.3 Å². The van der Waals surface area contributed by atoms with Gasteiger partial charge in [0.1, 0.15) is 11.9 Å². The van der Waals surface area contributed by atoms with Crippen molar-refractivity contribution in [3.8, 4) is 17.2 Å². The molecule has 0 aromatic heterocycles. The molecule has 0 spiro atoms. The van der Waals surface area contributed by atoms with Crippen molar-refractivity contribution in [1.29, 1.82) is 0 Å². The Bertz CT molecular complexity index is 729. The van der Waals surface area contributed by atoms with Gasteiger partial charge >= 0.3 is 0 Å². The Kier molecular flexibility index (Phi) is 4.37. The minimum atomic E-state index is -0.354. The first-order valence-electron chi connectivity index (χ1n) is 7.42. The molecule has 122 valence electrons. The highest BCUT2D eigenvalue weighted by molar-refractivity contribution is 6.32. The predicted octanol–water partition coefficient (Wildman–Crippen LogP) is 4.11. The fraction of sp³-hybridized carbons (Fsp3) is 0.333. The summed E-state index contributed by atoms with van der Waals surface area (Å²) in [6.45, 7) is 2.02. The highest BCUT2D eigenvalue weighted by Gasteiger charge is 2.30. The van der Waals surface area contributed by atoms with E-state index in [4.69, 9.17) is 25.8 Å². The van der Waals surface area contributed by atoms with Crippen molar-refractivity contribution in [2.75, 3.05) is 14.2 Å². The van der Waals surface area contributed by atoms with Gasteiger partial charge in [0.2, 0.25) is 0 Å². The highest BCUT2D eigenvalue weighted by Crippen LogP contribution is 2.44. The highest BCUT2D eigenvalue weighted by atomic mass is 35.5. The molecule has 0 fully saturated rings. The van der Waals surface area contributed by atoms with Gasteiger partial charge in [0.25, 0.3) is 0 Å². The van der Waals surface area contributed by atoms with Gasteiger partial charge in [-0.25, -0.2) is 0 Å². The van der Waals surface area contributed by atoms with Gasteiger partial charge < -0.3 is 19.3 Å². The molecule has 0 radical (unpaired) electrons. The molecular weight excluding hydrogens is 316 g/mol. The maximum Gasteiger partial charge on any atom is 0.161 e. The lowest BCUT2D eigenvalue weighted by Gasteiger charge is -2.32. The lowest BCUT2D eigenvalue weighted by Crippen LogP contribution is -2.24. The number of methoxy groups -OCH3 is 2. The summed E-state index contributed by atoms with van der Waals surface area (Å²) < 4.78 is 16.9. The summed E-state index contributed by atoms with van der Waals surface area (Å²) >= 11 is 6.29. The molecule has 23 heavy (non-hydrogen) atoms. The smallest absolute Gasteiger partial charge is 0.161 e. The Labute approximate surface area is 140 Å². The number of phenolic OH excluding ortho intramolecular Hbond substituents is 1. The zero-order chi connectivity index (χ0) is 16.6. The number of aromatic hydroxyl groups is 1. The van der Waals surface area contributed by atoms with Gasteiger partial charge in [-0.15, -0.1) is 0 Å². The number of rotatable bonds is 3. The summed E-state index contributed by atoms with van der Waals surface area (Å²) in [6.07, 6.45) is 0.458. The molecule has 0 aliphatic carbocycles. The molecule has 3 rings (SSSR count). The van der Waals surface area contributed by atoms with E-state index in [1.807, 2.05) is 25.1 Å². The average molecular weight is 335 g/mol. The predicted molar refractivity (Wildman–Crippen MR) is 88.8 cm³/mol. The van der Waals surface area contributed by atoms with Crippen LogP contribution in [0.25, 0.3) is 0 Å². The minimum Gasteiger partial charge on any atom is -0.506 e. The Hall–Kier alpha value is -1.91. The van der Waals surface area contributed by atoms with E-state index in [9.17, 15) is 5.11 Å². The number of halogens is 1. The van der Waals surface area contributed by atoms with Crippen LogP contribution < -0.4 is 9.47 Å². The minimum absolute atomic E-state index is 0.0315. The van der Waals surface area contributed by atoms with Crippen LogP contribution in [0.15, 0.2) is 30.3 Å². The van der Waals surface area contributed by atoms with E-state index in [1.165, 1.54) is 0 Å². The van der Waals surface area contributed by atoms with E-state index >= 15 is 0 Å². The van der Waals surface area contributed by atoms with E-state index in [0.29, 0.717) is 16.5 Å². The maximum atomic E-state index is 9.90. The summed E-state index contributed by atoms with van der Waals surface area (Å²) in [5.41, 5.74) is 2.85. The quantitative estimate of drug-likeness (QED) is 0.917. The van der Waals surface area contributed by atoms with Crippen LogP contribution >= 0.6 is 11.6 Å². The molecule has 1 aliphatic rings. The molecule has 2 aromatic rings. The summed E-state index contributed by atoms with van der Waals surface area (Å²) in [5, 5.41) is 10.2. The molecule has 4 nitrogen and oxygen atoms in total. The van der Waals surface area contributed by atoms with Gasteiger partial charge in [-0.3, -0.25) is 0 Å². The molecule has 5 heteroatoms. The van der Waals surface area contributed by atoms with Crippen LogP contribution in [-0.2, 0) is 11.2 Å². The molecule has 0 saturated carbocycles. The van der Waals surface area contributed by atoms with Crippen LogP contribution in [0.5, 0.6) is 17.2 Å². The van der Waals surface area contributed by atoms with Crippen LogP contribution in [0.4, 0.5) is 0 Å². The third kappa shape index (κ3) is 2.84. The zero-order valence-electron chi connectivity index (χ0n) is 13.3. The zero-order valence-corrected chi connectivity index (χ0v) is 14.1. The standard InChI is InChI=1S/C18H19ClO4/c1-10-7-11-8-15(21-2)16(22-3)9-13(11)18(23-10)12-5-4-6-14(20)17(12)19/h4-6,8-10,18,20H,7H2,1-3H3/t10-,18+/m0/s1. The molecule has 0 amide bonds. The van der Waals surface area contributed by atoms with Gasteiger partial charge in [0.15, 0.2) is 11.5 Å². The third-order valence-corrected chi connectivity index (χ3v) is 4.51. The molecule has 0 saturated heterocycles. The monoisotopic (exact) mass is 334 g/mol. The van der Waals surface area contributed by atoms with Crippen LogP contribution in [-0.4, -0.2) is 25.4 Å². The van der Waals surface area contributed by atoms with Crippen molar-refractivity contribution in [2.45, 2.75) is 25.6 Å². The largest absolute Gasteiger partial charge is 0.506 e. The van der Waals surface area contributed by atoms with Crippen molar-refractivity contribution in [3.05, 3.63) is 52.0 Å². The van der Waals surface area contributed by atoms with Gasteiger partial charge in [-0.05, 0) is 42.7 Å². The second kappa shape index (κ2) is 6.30. The SMILES string of the molecule is COc1cc2c(cc1OC)[C@@H](c1cccc(O)c1Cl)O[C@@H](C)C2. The van der Waals surface area contributed by atoms with Crippen molar-refractivity contribution in [1.82, 2.24) is 0 Å². The summed E-state index contributed by atoms with van der Waals surface area (Å²) in [4.78, 5) is 0. The topological polar surface area (TPSA) is 47.9 Å². The lowest BCUT2D eigenvalue weighted by atomic mass is 9.90. The molecule has 0 unspecified atom stereocenters. The Morgan fingerprint density at radius 1 is 1.13 bits per heavy atom. The average Bonchev–Trinajstić information content (AvgIpc) is 2.55. The van der Waals surface area contributed by atoms with E-state index in [0.717, 1.165) is 23.1 Å². The van der Waals surface area contributed by atoms with Crippen LogP contribution in [0.1, 0.15) is 29.7 Å². The fourth-order valence-corrected chi connectivity index (χ4v) is 3.23. The third-order valence-electron chi connectivity index (χ3n) is 4.09. The second-order valence-corrected chi connectivity index (χ2v) is 6.00. The van der Waals surface area contributed by atoms with Gasteiger partial charge in [0, 0.05) is 5.56 Å². The number of benzene rings is 2. The molecule has 2 atom stereocenters. The van der Waals surface area contributed by atoms with Crippen LogP contribution in [0, 0.1) is 0 Å². The number of ether oxygens (including phenoxy) is 3. The van der Waals surface area contributed by atoms with E-state index in [1.54, 1.807) is 26.4 Å².